The summed E-state index contributed by atoms with van der Waals surface area (Å²) in [5, 5.41) is 15.5. The third-order valence-electron chi connectivity index (χ3n) is 4.61. The van der Waals surface area contributed by atoms with Crippen molar-refractivity contribution in [1.29, 1.82) is 0 Å². The molecule has 1 aliphatic heterocycles. The third-order valence-corrected chi connectivity index (χ3v) is 4.86. The molecule has 1 fully saturated rings. The molecule has 8 heteroatoms. The van der Waals surface area contributed by atoms with Gasteiger partial charge in [-0.2, -0.15) is 0 Å². The van der Waals surface area contributed by atoms with Crippen LogP contribution in [-0.4, -0.2) is 54.2 Å². The number of rotatable bonds is 4. The van der Waals surface area contributed by atoms with E-state index in [9.17, 15) is 14.7 Å². The summed E-state index contributed by atoms with van der Waals surface area (Å²) in [6.45, 7) is 4.17. The van der Waals surface area contributed by atoms with E-state index in [4.69, 9.17) is 11.6 Å². The maximum atomic E-state index is 12.5. The van der Waals surface area contributed by atoms with Gasteiger partial charge in [0.25, 0.3) is 0 Å². The summed E-state index contributed by atoms with van der Waals surface area (Å²) < 4.78 is 0. The van der Waals surface area contributed by atoms with Gasteiger partial charge in [-0.3, -0.25) is 4.79 Å². The molecule has 7 nitrogen and oxygen atoms in total. The number of nitrogens with one attached hydrogen (secondary N) is 2. The van der Waals surface area contributed by atoms with Crippen LogP contribution in [0.2, 0.25) is 5.02 Å². The lowest BCUT2D eigenvalue weighted by molar-refractivity contribution is -0.117. The van der Waals surface area contributed by atoms with Crippen LogP contribution < -0.4 is 15.5 Å². The molecule has 1 saturated heterocycles. The molecule has 1 heterocycles. The fraction of sp³-hybridized carbons (Fsp3) is 0.300. The van der Waals surface area contributed by atoms with Crippen molar-refractivity contribution in [3.05, 3.63) is 53.6 Å². The van der Waals surface area contributed by atoms with E-state index < -0.39 is 6.04 Å². The molecule has 1 unspecified atom stereocenters. The molecular formula is C20H23ClN4O3. The summed E-state index contributed by atoms with van der Waals surface area (Å²) in [7, 11) is 0. The minimum atomic E-state index is -0.704. The molecule has 2 aromatic carbocycles. The molecule has 3 amide bonds. The Kier molecular flexibility index (Phi) is 6.26. The van der Waals surface area contributed by atoms with Crippen LogP contribution in [0.1, 0.15) is 6.92 Å². The van der Waals surface area contributed by atoms with Crippen molar-refractivity contribution in [3.8, 4) is 5.75 Å². The monoisotopic (exact) mass is 402 g/mol. The van der Waals surface area contributed by atoms with E-state index >= 15 is 0 Å². The maximum Gasteiger partial charge on any atom is 0.318 e. The van der Waals surface area contributed by atoms with Crippen LogP contribution in [0.15, 0.2) is 48.5 Å². The minimum Gasteiger partial charge on any atom is -0.508 e. The molecule has 0 aliphatic carbocycles. The van der Waals surface area contributed by atoms with Crippen LogP contribution in [0.4, 0.5) is 16.2 Å². The first-order chi connectivity index (χ1) is 13.4. The molecular weight excluding hydrogens is 380 g/mol. The quantitative estimate of drug-likeness (QED) is 0.734. The number of anilines is 2. The van der Waals surface area contributed by atoms with E-state index in [1.807, 2.05) is 24.3 Å². The number of nitrogens with zero attached hydrogens (tertiary/aromatic N) is 2. The molecule has 28 heavy (non-hydrogen) atoms. The van der Waals surface area contributed by atoms with Crippen molar-refractivity contribution in [2.24, 2.45) is 0 Å². The first-order valence-corrected chi connectivity index (χ1v) is 9.46. The Bertz CT molecular complexity index is 836. The summed E-state index contributed by atoms with van der Waals surface area (Å²) in [4.78, 5) is 28.6. The van der Waals surface area contributed by atoms with Crippen LogP contribution in [-0.2, 0) is 4.79 Å². The molecule has 0 bridgehead atoms. The molecule has 0 saturated carbocycles. The topological polar surface area (TPSA) is 84.9 Å². The number of hydrogen-bond donors (Lipinski definition) is 3. The van der Waals surface area contributed by atoms with Gasteiger partial charge in [-0.25, -0.2) is 4.79 Å². The number of urea groups is 1. The van der Waals surface area contributed by atoms with E-state index in [0.29, 0.717) is 36.9 Å². The van der Waals surface area contributed by atoms with E-state index in [1.54, 1.807) is 24.0 Å². The summed E-state index contributed by atoms with van der Waals surface area (Å²) >= 11 is 5.92. The maximum absolute atomic E-state index is 12.5. The number of hydrogen-bond acceptors (Lipinski definition) is 4. The van der Waals surface area contributed by atoms with Gasteiger partial charge in [0.15, 0.2) is 0 Å². The molecule has 3 rings (SSSR count). The predicted molar refractivity (Wildman–Crippen MR) is 110 cm³/mol. The molecule has 0 aromatic heterocycles. The fourth-order valence-electron chi connectivity index (χ4n) is 3.00. The number of aromatic hydroxyl groups is 1. The van der Waals surface area contributed by atoms with Gasteiger partial charge in [-0.15, -0.1) is 0 Å². The first-order valence-electron chi connectivity index (χ1n) is 9.08. The van der Waals surface area contributed by atoms with E-state index in [-0.39, 0.29) is 17.7 Å². The standard InChI is InChI=1S/C20H23ClN4O3/c1-14(19(27)23-16-3-2-4-18(26)13-16)22-20(28)25-11-9-24(10-12-25)17-7-5-15(21)6-8-17/h2-8,13-14,26H,9-12H2,1H3,(H,22,28)(H,23,27). The van der Waals surface area contributed by atoms with Crippen LogP contribution in [0, 0.1) is 0 Å². The van der Waals surface area contributed by atoms with Crippen molar-refractivity contribution in [1.82, 2.24) is 10.2 Å². The number of phenolic OH excluding ortho intramolecular Hbond substituents is 1. The van der Waals surface area contributed by atoms with Gasteiger partial charge in [0.1, 0.15) is 11.8 Å². The molecule has 1 atom stereocenters. The van der Waals surface area contributed by atoms with Crippen molar-refractivity contribution in [3.63, 3.8) is 0 Å². The Balaban J connectivity index is 1.48. The van der Waals surface area contributed by atoms with E-state index in [1.165, 1.54) is 12.1 Å². The zero-order valence-electron chi connectivity index (χ0n) is 15.6. The highest BCUT2D eigenvalue weighted by Crippen LogP contribution is 2.19. The zero-order valence-corrected chi connectivity index (χ0v) is 16.3. The number of piperazine rings is 1. The number of phenols is 1. The van der Waals surface area contributed by atoms with E-state index in [0.717, 1.165) is 5.69 Å². The van der Waals surface area contributed by atoms with Crippen LogP contribution in [0.25, 0.3) is 0 Å². The number of carbonyl (C=O) groups is 2. The molecule has 0 spiro atoms. The molecule has 2 aromatic rings. The smallest absolute Gasteiger partial charge is 0.318 e. The minimum absolute atomic E-state index is 0.0630. The SMILES string of the molecule is CC(NC(=O)N1CCN(c2ccc(Cl)cc2)CC1)C(=O)Nc1cccc(O)c1. The number of benzene rings is 2. The molecule has 0 radical (unpaired) electrons. The van der Waals surface area contributed by atoms with Crippen molar-refractivity contribution in [2.45, 2.75) is 13.0 Å². The second-order valence-electron chi connectivity index (χ2n) is 6.66. The fourth-order valence-corrected chi connectivity index (χ4v) is 3.12. The zero-order chi connectivity index (χ0) is 20.1. The number of carbonyl (C=O) groups excluding carboxylic acids is 2. The highest BCUT2D eigenvalue weighted by molar-refractivity contribution is 6.30. The normalized spacial score (nSPS) is 15.1. The second kappa shape index (κ2) is 8.84. The van der Waals surface area contributed by atoms with Gasteiger partial charge < -0.3 is 25.5 Å². The average molecular weight is 403 g/mol. The van der Waals surface area contributed by atoms with Gasteiger partial charge in [-0.05, 0) is 43.3 Å². The Hall–Kier alpha value is -2.93. The first kappa shape index (κ1) is 19.8. The summed E-state index contributed by atoms with van der Waals surface area (Å²) in [5.41, 5.74) is 1.55. The van der Waals surface area contributed by atoms with Crippen molar-refractivity contribution >= 4 is 34.9 Å². The predicted octanol–water partition coefficient (Wildman–Crippen LogP) is 2.90. The van der Waals surface area contributed by atoms with Crippen molar-refractivity contribution in [2.75, 3.05) is 36.4 Å². The lowest BCUT2D eigenvalue weighted by atomic mass is 10.2. The Morgan fingerprint density at radius 3 is 2.39 bits per heavy atom. The average Bonchev–Trinajstić information content (AvgIpc) is 2.68. The van der Waals surface area contributed by atoms with Crippen molar-refractivity contribution < 1.29 is 14.7 Å². The Labute approximate surface area is 168 Å². The molecule has 148 valence electrons. The van der Waals surface area contributed by atoms with Gasteiger partial charge in [0.2, 0.25) is 5.91 Å². The summed E-state index contributed by atoms with van der Waals surface area (Å²) in [5.74, 6) is -0.285. The van der Waals surface area contributed by atoms with Gasteiger partial charge in [-0.1, -0.05) is 17.7 Å². The lowest BCUT2D eigenvalue weighted by Crippen LogP contribution is -2.54. The van der Waals surface area contributed by atoms with Gasteiger partial charge in [0.05, 0.1) is 0 Å². The molecule has 1 aliphatic rings. The summed E-state index contributed by atoms with van der Waals surface area (Å²) in [6.07, 6.45) is 0. The third kappa shape index (κ3) is 5.07. The van der Waals surface area contributed by atoms with Crippen LogP contribution in [0.3, 0.4) is 0 Å². The molecule has 3 N–H and O–H groups in total. The van der Waals surface area contributed by atoms with E-state index in [2.05, 4.69) is 15.5 Å². The summed E-state index contributed by atoms with van der Waals surface area (Å²) in [6, 6.07) is 12.9. The highest BCUT2D eigenvalue weighted by Gasteiger charge is 2.24. The number of halogens is 1. The van der Waals surface area contributed by atoms with Gasteiger partial charge in [0, 0.05) is 48.6 Å². The Morgan fingerprint density at radius 2 is 1.75 bits per heavy atom. The highest BCUT2D eigenvalue weighted by atomic mass is 35.5. The number of amides is 3. The lowest BCUT2D eigenvalue weighted by Gasteiger charge is -2.36. The Morgan fingerprint density at radius 1 is 1.07 bits per heavy atom. The van der Waals surface area contributed by atoms with Crippen LogP contribution >= 0.6 is 11.6 Å². The van der Waals surface area contributed by atoms with Gasteiger partial charge >= 0.3 is 6.03 Å². The largest absolute Gasteiger partial charge is 0.508 e. The van der Waals surface area contributed by atoms with Crippen LogP contribution in [0.5, 0.6) is 5.75 Å². The second-order valence-corrected chi connectivity index (χ2v) is 7.10.